The molecule has 0 saturated carbocycles. The summed E-state index contributed by atoms with van der Waals surface area (Å²) in [4.78, 5) is 29.3. The molecular weight excluding hydrogens is 342 g/mol. The Bertz CT molecular complexity index is 1000. The third-order valence-electron chi connectivity index (χ3n) is 4.04. The molecule has 6 nitrogen and oxygen atoms in total. The number of benzene rings is 2. The van der Waals surface area contributed by atoms with Gasteiger partial charge in [0.2, 0.25) is 0 Å². The summed E-state index contributed by atoms with van der Waals surface area (Å²) < 4.78 is 6.44. The number of rotatable bonds is 6. The van der Waals surface area contributed by atoms with Gasteiger partial charge >= 0.3 is 5.97 Å². The molecule has 1 heterocycles. The summed E-state index contributed by atoms with van der Waals surface area (Å²) in [5.41, 5.74) is 2.86. The summed E-state index contributed by atoms with van der Waals surface area (Å²) in [6, 6.07) is 18.7. The van der Waals surface area contributed by atoms with Crippen molar-refractivity contribution in [3.8, 4) is 5.69 Å². The number of hydrogen-bond acceptors (Lipinski definition) is 4. The van der Waals surface area contributed by atoms with E-state index in [2.05, 4.69) is 10.1 Å². The minimum absolute atomic E-state index is 0.145. The molecular formula is C21H21N3O3. The summed E-state index contributed by atoms with van der Waals surface area (Å²) >= 11 is 0. The Balaban J connectivity index is 2.11. The third-order valence-corrected chi connectivity index (χ3v) is 4.04. The predicted octanol–water partition coefficient (Wildman–Crippen LogP) is 2.87. The van der Waals surface area contributed by atoms with Gasteiger partial charge in [-0.1, -0.05) is 48.5 Å². The number of H-pyrrole nitrogens is 1. The molecule has 0 fully saturated rings. The summed E-state index contributed by atoms with van der Waals surface area (Å²) in [6.07, 6.45) is 0. The van der Waals surface area contributed by atoms with Gasteiger partial charge in [-0.05, 0) is 26.0 Å². The van der Waals surface area contributed by atoms with E-state index in [1.807, 2.05) is 67.6 Å². The lowest BCUT2D eigenvalue weighted by atomic mass is 10.0. The van der Waals surface area contributed by atoms with Crippen LogP contribution in [0.5, 0.6) is 0 Å². The number of nitrogens with one attached hydrogen (secondary N) is 1. The Morgan fingerprint density at radius 2 is 1.70 bits per heavy atom. The van der Waals surface area contributed by atoms with Crippen LogP contribution in [0.1, 0.15) is 23.7 Å². The first-order valence-electron chi connectivity index (χ1n) is 8.74. The number of carbonyl (C=O) groups excluding carboxylic acids is 1. The van der Waals surface area contributed by atoms with Gasteiger partial charge in [-0.25, -0.2) is 4.68 Å². The zero-order valence-electron chi connectivity index (χ0n) is 15.3. The average molecular weight is 363 g/mol. The van der Waals surface area contributed by atoms with Crippen LogP contribution in [0.2, 0.25) is 0 Å². The van der Waals surface area contributed by atoms with Gasteiger partial charge in [0.15, 0.2) is 0 Å². The number of esters is 1. The van der Waals surface area contributed by atoms with Crippen LogP contribution in [-0.2, 0) is 9.53 Å². The van der Waals surface area contributed by atoms with Crippen LogP contribution >= 0.6 is 0 Å². The molecule has 1 N–H and O–H groups in total. The van der Waals surface area contributed by atoms with E-state index in [1.165, 1.54) is 4.68 Å². The highest BCUT2D eigenvalue weighted by Gasteiger charge is 2.19. The Morgan fingerprint density at radius 1 is 1.07 bits per heavy atom. The Kier molecular flexibility index (Phi) is 5.66. The van der Waals surface area contributed by atoms with Crippen molar-refractivity contribution in [2.75, 3.05) is 13.2 Å². The van der Waals surface area contributed by atoms with E-state index in [0.29, 0.717) is 23.6 Å². The number of hydrogen-bond donors (Lipinski definition) is 1. The Morgan fingerprint density at radius 3 is 2.33 bits per heavy atom. The first-order chi connectivity index (χ1) is 13.1. The third kappa shape index (κ3) is 4.06. The lowest BCUT2D eigenvalue weighted by molar-refractivity contribution is -0.141. The van der Waals surface area contributed by atoms with E-state index in [4.69, 9.17) is 4.74 Å². The van der Waals surface area contributed by atoms with Crippen LogP contribution < -0.4 is 5.56 Å². The number of para-hydroxylation sites is 1. The molecule has 0 radical (unpaired) electrons. The lowest BCUT2D eigenvalue weighted by Gasteiger charge is -2.06. The van der Waals surface area contributed by atoms with E-state index in [9.17, 15) is 9.59 Å². The van der Waals surface area contributed by atoms with Gasteiger partial charge in [0.05, 0.1) is 23.6 Å². The smallest absolute Gasteiger partial charge is 0.327 e. The van der Waals surface area contributed by atoms with Crippen molar-refractivity contribution >= 4 is 11.7 Å². The van der Waals surface area contributed by atoms with E-state index >= 15 is 0 Å². The molecule has 6 heteroatoms. The average Bonchev–Trinajstić information content (AvgIpc) is 2.99. The van der Waals surface area contributed by atoms with E-state index in [0.717, 1.165) is 11.3 Å². The van der Waals surface area contributed by atoms with Crippen molar-refractivity contribution in [1.82, 2.24) is 9.78 Å². The lowest BCUT2D eigenvalue weighted by Crippen LogP contribution is -2.22. The molecule has 3 aromatic rings. The summed E-state index contributed by atoms with van der Waals surface area (Å²) in [5.74, 6) is -0.428. The number of aromatic amines is 1. The maximum Gasteiger partial charge on any atom is 0.327 e. The van der Waals surface area contributed by atoms with Gasteiger partial charge in [0, 0.05) is 11.3 Å². The maximum absolute atomic E-state index is 13.1. The molecule has 0 atom stereocenters. The van der Waals surface area contributed by atoms with Crippen molar-refractivity contribution in [1.29, 1.82) is 0 Å². The fraction of sp³-hybridized carbons (Fsp3) is 0.190. The number of carbonyl (C=O) groups is 1. The molecule has 3 rings (SSSR count). The molecule has 2 aromatic carbocycles. The van der Waals surface area contributed by atoms with Crippen LogP contribution in [0, 0.1) is 6.92 Å². The van der Waals surface area contributed by atoms with Crippen LogP contribution in [0.3, 0.4) is 0 Å². The van der Waals surface area contributed by atoms with Crippen LogP contribution in [-0.4, -0.2) is 34.6 Å². The molecule has 0 spiro atoms. The minimum Gasteiger partial charge on any atom is -0.465 e. The number of nitrogens with zero attached hydrogens (tertiary/aromatic N) is 2. The zero-order valence-corrected chi connectivity index (χ0v) is 15.3. The zero-order chi connectivity index (χ0) is 19.2. The molecule has 0 saturated heterocycles. The standard InChI is InChI=1S/C21H21N3O3/c1-3-27-18(25)14-22-20(16-10-6-4-7-11-16)19-15(2)23-24(21(19)26)17-12-8-5-9-13-17/h4-13,23H,3,14H2,1-2H3. The fourth-order valence-corrected chi connectivity index (χ4v) is 2.85. The van der Waals surface area contributed by atoms with Crippen LogP contribution in [0.4, 0.5) is 0 Å². The van der Waals surface area contributed by atoms with Gasteiger partial charge < -0.3 is 4.74 Å². The van der Waals surface area contributed by atoms with Crippen LogP contribution in [0.15, 0.2) is 70.5 Å². The van der Waals surface area contributed by atoms with E-state index in [-0.39, 0.29) is 12.1 Å². The van der Waals surface area contributed by atoms with Crippen molar-refractivity contribution in [3.05, 3.63) is 87.8 Å². The summed E-state index contributed by atoms with van der Waals surface area (Å²) in [7, 11) is 0. The molecule has 0 aliphatic rings. The molecule has 0 unspecified atom stereocenters. The van der Waals surface area contributed by atoms with Gasteiger partial charge in [0.1, 0.15) is 6.54 Å². The van der Waals surface area contributed by atoms with Crippen molar-refractivity contribution < 1.29 is 9.53 Å². The van der Waals surface area contributed by atoms with Gasteiger partial charge in [-0.2, -0.15) is 0 Å². The highest BCUT2D eigenvalue weighted by atomic mass is 16.5. The second-order valence-corrected chi connectivity index (χ2v) is 5.92. The Labute approximate surface area is 157 Å². The quantitative estimate of drug-likeness (QED) is 0.540. The molecule has 0 aliphatic carbocycles. The summed E-state index contributed by atoms with van der Waals surface area (Å²) in [6.45, 7) is 3.71. The second-order valence-electron chi connectivity index (χ2n) is 5.92. The fourth-order valence-electron chi connectivity index (χ4n) is 2.85. The minimum atomic E-state index is -0.428. The van der Waals surface area contributed by atoms with Crippen molar-refractivity contribution in [2.45, 2.75) is 13.8 Å². The maximum atomic E-state index is 13.1. The molecule has 138 valence electrons. The normalized spacial score (nSPS) is 11.4. The highest BCUT2D eigenvalue weighted by Crippen LogP contribution is 2.13. The van der Waals surface area contributed by atoms with Crippen molar-refractivity contribution in [3.63, 3.8) is 0 Å². The van der Waals surface area contributed by atoms with Gasteiger partial charge in [-0.3, -0.25) is 19.7 Å². The SMILES string of the molecule is CCOC(=O)CN=C(c1ccccc1)c1c(C)[nH]n(-c2ccccc2)c1=O. The number of aromatic nitrogens is 2. The molecule has 1 aromatic heterocycles. The first kappa shape index (κ1) is 18.4. The molecule has 27 heavy (non-hydrogen) atoms. The number of ether oxygens (including phenoxy) is 1. The first-order valence-corrected chi connectivity index (χ1v) is 8.74. The van der Waals surface area contributed by atoms with Gasteiger partial charge in [-0.15, -0.1) is 0 Å². The largest absolute Gasteiger partial charge is 0.465 e. The monoisotopic (exact) mass is 363 g/mol. The molecule has 0 aliphatic heterocycles. The number of aliphatic imine (C=N–C) groups is 1. The van der Waals surface area contributed by atoms with Crippen LogP contribution in [0.25, 0.3) is 5.69 Å². The van der Waals surface area contributed by atoms with E-state index in [1.54, 1.807) is 6.92 Å². The molecule has 0 amide bonds. The van der Waals surface area contributed by atoms with E-state index < -0.39 is 5.97 Å². The Hall–Kier alpha value is -3.41. The molecule has 0 bridgehead atoms. The summed E-state index contributed by atoms with van der Waals surface area (Å²) in [5, 5.41) is 3.10. The highest BCUT2D eigenvalue weighted by molar-refractivity contribution is 6.13. The second kappa shape index (κ2) is 8.31. The predicted molar refractivity (Wildman–Crippen MR) is 105 cm³/mol. The topological polar surface area (TPSA) is 76.4 Å². The van der Waals surface area contributed by atoms with Gasteiger partial charge in [0.25, 0.3) is 5.56 Å². The van der Waals surface area contributed by atoms with Crippen molar-refractivity contribution in [2.24, 2.45) is 4.99 Å². The number of aryl methyl sites for hydroxylation is 1.